The fourth-order valence-electron chi connectivity index (χ4n) is 1.45. The van der Waals surface area contributed by atoms with E-state index < -0.39 is 11.4 Å². The number of fused-ring (bicyclic) bond motifs is 1. The molecule has 2 aromatic rings. The zero-order valence-corrected chi connectivity index (χ0v) is 9.85. The van der Waals surface area contributed by atoms with Crippen molar-refractivity contribution in [2.75, 3.05) is 0 Å². The fraction of sp³-hybridized carbons (Fsp3) is 0.333. The smallest absolute Gasteiger partial charge is 0.277 e. The van der Waals surface area contributed by atoms with Gasteiger partial charge in [0.25, 0.3) is 5.56 Å². The highest BCUT2D eigenvalue weighted by atomic mass is 79.9. The third-order valence-corrected chi connectivity index (χ3v) is 3.17. The lowest BCUT2D eigenvalue weighted by Gasteiger charge is -1.99. The van der Waals surface area contributed by atoms with Crippen LogP contribution >= 0.6 is 15.9 Å². The number of aryl methyl sites for hydroxylation is 2. The summed E-state index contributed by atoms with van der Waals surface area (Å²) in [5.41, 5.74) is 0.425. The Hall–Kier alpha value is -1.17. The molecule has 0 saturated carbocycles. The molecule has 0 aromatic carbocycles. The molecule has 6 heteroatoms. The van der Waals surface area contributed by atoms with E-state index >= 15 is 0 Å². The van der Waals surface area contributed by atoms with Crippen LogP contribution in [0.2, 0.25) is 0 Å². The van der Waals surface area contributed by atoms with Crippen LogP contribution in [-0.2, 0) is 6.42 Å². The van der Waals surface area contributed by atoms with Crippen LogP contribution in [0.3, 0.4) is 0 Å². The average Bonchev–Trinajstić information content (AvgIpc) is 2.53. The number of halogens is 2. The zero-order chi connectivity index (χ0) is 11.2. The van der Waals surface area contributed by atoms with Crippen molar-refractivity contribution in [2.24, 2.45) is 0 Å². The second-order valence-corrected chi connectivity index (χ2v) is 4.00. The van der Waals surface area contributed by atoms with Gasteiger partial charge in [0.15, 0.2) is 11.3 Å². The zero-order valence-electron chi connectivity index (χ0n) is 8.27. The molecule has 1 N–H and O–H groups in total. The van der Waals surface area contributed by atoms with Crippen molar-refractivity contribution in [3.63, 3.8) is 0 Å². The second-order valence-electron chi connectivity index (χ2n) is 3.24. The molecule has 0 amide bonds. The van der Waals surface area contributed by atoms with Gasteiger partial charge in [-0.25, -0.2) is 8.91 Å². The molecule has 0 aliphatic heterocycles. The predicted molar refractivity (Wildman–Crippen MR) is 57.6 cm³/mol. The normalized spacial score (nSPS) is 11.2. The third kappa shape index (κ3) is 1.40. The molecular weight excluding hydrogens is 265 g/mol. The Balaban J connectivity index is 3.00. The molecule has 2 rings (SSSR count). The van der Waals surface area contributed by atoms with E-state index in [-0.39, 0.29) is 5.52 Å². The topological polar surface area (TPSA) is 50.2 Å². The lowest BCUT2D eigenvalue weighted by molar-refractivity contribution is 0.621. The van der Waals surface area contributed by atoms with Gasteiger partial charge in [0, 0.05) is 5.69 Å². The van der Waals surface area contributed by atoms with Gasteiger partial charge in [-0.3, -0.25) is 4.79 Å². The molecule has 0 spiro atoms. The van der Waals surface area contributed by atoms with Gasteiger partial charge in [0.05, 0.1) is 5.69 Å². The molecule has 0 unspecified atom stereocenters. The Morgan fingerprint density at radius 2 is 2.27 bits per heavy atom. The van der Waals surface area contributed by atoms with Gasteiger partial charge >= 0.3 is 0 Å². The van der Waals surface area contributed by atoms with Crippen molar-refractivity contribution in [1.29, 1.82) is 0 Å². The molecule has 0 fully saturated rings. The maximum absolute atomic E-state index is 13.7. The Bertz CT molecular complexity index is 587. The van der Waals surface area contributed by atoms with Crippen molar-refractivity contribution < 1.29 is 4.39 Å². The highest BCUT2D eigenvalue weighted by Gasteiger charge is 2.17. The standard InChI is InChI=1S/C9H9BrFN3O/c1-3-5-6(11)7-9(15)12-4(2)8(10)14(7)13-5/h3H2,1-2H3,(H,12,15). The van der Waals surface area contributed by atoms with E-state index in [1.54, 1.807) is 13.8 Å². The number of H-pyrrole nitrogens is 1. The molecule has 0 bridgehead atoms. The predicted octanol–water partition coefficient (Wildman–Crippen LogP) is 1.80. The van der Waals surface area contributed by atoms with Gasteiger partial charge in [-0.1, -0.05) is 6.92 Å². The Labute approximate surface area is 93.2 Å². The van der Waals surface area contributed by atoms with Crippen molar-refractivity contribution >= 4 is 21.4 Å². The SMILES string of the molecule is CCc1nn2c(Br)c(C)[nH]c(=O)c2c1F. The number of nitrogens with one attached hydrogen (secondary N) is 1. The monoisotopic (exact) mass is 273 g/mol. The van der Waals surface area contributed by atoms with E-state index in [2.05, 4.69) is 26.0 Å². The van der Waals surface area contributed by atoms with Crippen LogP contribution in [0.4, 0.5) is 4.39 Å². The summed E-state index contributed by atoms with van der Waals surface area (Å²) >= 11 is 3.26. The average molecular weight is 274 g/mol. The maximum Gasteiger partial charge on any atom is 0.277 e. The maximum atomic E-state index is 13.7. The lowest BCUT2D eigenvalue weighted by atomic mass is 10.3. The Morgan fingerprint density at radius 1 is 1.60 bits per heavy atom. The molecule has 0 aliphatic carbocycles. The summed E-state index contributed by atoms with van der Waals surface area (Å²) in [6, 6.07) is 0. The first-order valence-corrected chi connectivity index (χ1v) is 5.31. The van der Waals surface area contributed by atoms with Crippen LogP contribution in [0.25, 0.3) is 5.52 Å². The summed E-state index contributed by atoms with van der Waals surface area (Å²) in [7, 11) is 0. The van der Waals surface area contributed by atoms with E-state index in [9.17, 15) is 9.18 Å². The van der Waals surface area contributed by atoms with Crippen molar-refractivity contribution in [3.8, 4) is 0 Å². The molecule has 0 radical (unpaired) electrons. The van der Waals surface area contributed by atoms with E-state index in [0.29, 0.717) is 22.4 Å². The minimum atomic E-state index is -0.542. The first-order chi connectivity index (χ1) is 7.06. The van der Waals surface area contributed by atoms with Gasteiger partial charge < -0.3 is 4.98 Å². The van der Waals surface area contributed by atoms with Crippen LogP contribution in [0.15, 0.2) is 9.40 Å². The van der Waals surface area contributed by atoms with Crippen molar-refractivity contribution in [3.05, 3.63) is 32.2 Å². The number of nitrogens with zero attached hydrogens (tertiary/aromatic N) is 2. The van der Waals surface area contributed by atoms with Gasteiger partial charge in [0.1, 0.15) is 4.60 Å². The quantitative estimate of drug-likeness (QED) is 0.862. The molecule has 2 aromatic heterocycles. The molecule has 0 saturated heterocycles. The number of aromatic nitrogens is 3. The van der Waals surface area contributed by atoms with E-state index in [1.807, 2.05) is 0 Å². The number of rotatable bonds is 1. The van der Waals surface area contributed by atoms with Crippen molar-refractivity contribution in [2.45, 2.75) is 20.3 Å². The molecule has 0 atom stereocenters. The summed E-state index contributed by atoms with van der Waals surface area (Å²) in [6.45, 7) is 3.51. The summed E-state index contributed by atoms with van der Waals surface area (Å²) < 4.78 is 15.5. The first kappa shape index (κ1) is 10.4. The number of hydrogen-bond acceptors (Lipinski definition) is 2. The minimum Gasteiger partial charge on any atom is -0.322 e. The lowest BCUT2D eigenvalue weighted by Crippen LogP contribution is -2.13. The van der Waals surface area contributed by atoms with Crippen LogP contribution in [0, 0.1) is 12.7 Å². The van der Waals surface area contributed by atoms with Gasteiger partial charge in [-0.2, -0.15) is 5.10 Å². The molecule has 15 heavy (non-hydrogen) atoms. The highest BCUT2D eigenvalue weighted by molar-refractivity contribution is 9.10. The Morgan fingerprint density at radius 3 is 2.87 bits per heavy atom. The highest BCUT2D eigenvalue weighted by Crippen LogP contribution is 2.17. The largest absolute Gasteiger partial charge is 0.322 e. The van der Waals surface area contributed by atoms with E-state index in [1.165, 1.54) is 4.52 Å². The van der Waals surface area contributed by atoms with Crippen molar-refractivity contribution in [1.82, 2.24) is 14.6 Å². The third-order valence-electron chi connectivity index (χ3n) is 2.24. The van der Waals surface area contributed by atoms with E-state index in [4.69, 9.17) is 0 Å². The van der Waals surface area contributed by atoms with Gasteiger partial charge in [-0.05, 0) is 29.3 Å². The molecule has 0 aliphatic rings. The first-order valence-electron chi connectivity index (χ1n) is 4.51. The van der Waals surface area contributed by atoms with Gasteiger partial charge in [0.2, 0.25) is 0 Å². The van der Waals surface area contributed by atoms with Crippen LogP contribution in [0.1, 0.15) is 18.3 Å². The van der Waals surface area contributed by atoms with Gasteiger partial charge in [-0.15, -0.1) is 0 Å². The summed E-state index contributed by atoms with van der Waals surface area (Å²) in [4.78, 5) is 14.1. The fourth-order valence-corrected chi connectivity index (χ4v) is 1.80. The van der Waals surface area contributed by atoms with E-state index in [0.717, 1.165) is 0 Å². The summed E-state index contributed by atoms with van der Waals surface area (Å²) in [6.07, 6.45) is 0.457. The van der Waals surface area contributed by atoms with Crippen LogP contribution in [-0.4, -0.2) is 14.6 Å². The molecule has 80 valence electrons. The number of hydrogen-bond donors (Lipinski definition) is 1. The van der Waals surface area contributed by atoms with Crippen LogP contribution < -0.4 is 5.56 Å². The summed E-state index contributed by atoms with van der Waals surface area (Å²) in [5.74, 6) is -0.542. The van der Waals surface area contributed by atoms with Crippen LogP contribution in [0.5, 0.6) is 0 Å². The Kier molecular flexibility index (Phi) is 2.38. The molecular formula is C9H9BrFN3O. The molecule has 2 heterocycles. The number of aromatic amines is 1. The second kappa shape index (κ2) is 3.44. The summed E-state index contributed by atoms with van der Waals surface area (Å²) in [5, 5.41) is 4.03. The molecule has 4 nitrogen and oxygen atoms in total. The minimum absolute atomic E-state index is 0.0377.